The summed E-state index contributed by atoms with van der Waals surface area (Å²) < 4.78 is 2.42. The summed E-state index contributed by atoms with van der Waals surface area (Å²) in [5.41, 5.74) is -0.173. The van der Waals surface area contributed by atoms with Crippen LogP contribution < -0.4 is 0 Å². The zero-order valence-corrected chi connectivity index (χ0v) is 13.3. The van der Waals surface area contributed by atoms with Crippen LogP contribution in [0.5, 0.6) is 0 Å². The molecule has 0 bridgehead atoms. The molecule has 0 unspecified atom stereocenters. The van der Waals surface area contributed by atoms with Gasteiger partial charge in [0.05, 0.1) is 10.4 Å². The van der Waals surface area contributed by atoms with Gasteiger partial charge in [-0.3, -0.25) is 0 Å². The van der Waals surface area contributed by atoms with Crippen LogP contribution in [0.15, 0.2) is 11.4 Å². The van der Waals surface area contributed by atoms with Crippen LogP contribution >= 0.6 is 22.9 Å². The van der Waals surface area contributed by atoms with Gasteiger partial charge in [-0.05, 0) is 51.0 Å². The zero-order valence-electron chi connectivity index (χ0n) is 11.8. The minimum absolute atomic E-state index is 0.173. The van der Waals surface area contributed by atoms with Crippen molar-refractivity contribution >= 4 is 22.9 Å². The molecule has 0 aliphatic heterocycles. The van der Waals surface area contributed by atoms with Crippen LogP contribution in [0.3, 0.4) is 0 Å². The Balaban J connectivity index is 1.83. The van der Waals surface area contributed by atoms with E-state index in [4.69, 9.17) is 11.6 Å². The molecule has 20 heavy (non-hydrogen) atoms. The van der Waals surface area contributed by atoms with Gasteiger partial charge in [-0.25, -0.2) is 0 Å². The van der Waals surface area contributed by atoms with Gasteiger partial charge in [-0.2, -0.15) is 0 Å². The molecule has 0 aromatic carbocycles. The Morgan fingerprint density at radius 3 is 2.55 bits per heavy atom. The molecule has 0 amide bonds. The smallest absolute Gasteiger partial charge is 0.144 e. The van der Waals surface area contributed by atoms with E-state index in [1.165, 1.54) is 36.4 Å². The van der Waals surface area contributed by atoms with Crippen LogP contribution in [-0.2, 0) is 5.41 Å². The molecule has 5 heteroatoms. The number of nitrogens with zero attached hydrogens (tertiary/aromatic N) is 3. The lowest BCUT2D eigenvalue weighted by molar-refractivity contribution is 0.533. The standard InChI is InChI=1S/C15H18ClN3S/c1-15(2,12-11(16)7-8-20-12)14-18-17-13(9-3-4-9)19(14)10-5-6-10/h7-10H,3-6H2,1-2H3. The van der Waals surface area contributed by atoms with Crippen molar-refractivity contribution in [1.29, 1.82) is 0 Å². The van der Waals surface area contributed by atoms with E-state index in [2.05, 4.69) is 34.0 Å². The second-order valence-electron chi connectivity index (χ2n) is 6.48. The van der Waals surface area contributed by atoms with Crippen molar-refractivity contribution in [3.8, 4) is 0 Å². The van der Waals surface area contributed by atoms with Crippen LogP contribution in [0, 0.1) is 0 Å². The summed E-state index contributed by atoms with van der Waals surface area (Å²) in [5, 5.41) is 12.0. The highest BCUT2D eigenvalue weighted by molar-refractivity contribution is 7.10. The maximum absolute atomic E-state index is 6.36. The highest BCUT2D eigenvalue weighted by Gasteiger charge is 2.41. The molecule has 0 spiro atoms. The molecule has 106 valence electrons. The van der Waals surface area contributed by atoms with Gasteiger partial charge in [0.1, 0.15) is 11.6 Å². The third-order valence-electron chi connectivity index (χ3n) is 4.32. The van der Waals surface area contributed by atoms with Crippen molar-refractivity contribution in [2.75, 3.05) is 0 Å². The monoisotopic (exact) mass is 307 g/mol. The molecule has 2 aliphatic carbocycles. The summed E-state index contributed by atoms with van der Waals surface area (Å²) in [6.07, 6.45) is 5.06. The Morgan fingerprint density at radius 1 is 1.25 bits per heavy atom. The molecule has 2 heterocycles. The fourth-order valence-corrected chi connectivity index (χ4v) is 4.30. The molecule has 0 atom stereocenters. The summed E-state index contributed by atoms with van der Waals surface area (Å²) in [6, 6.07) is 2.59. The van der Waals surface area contributed by atoms with Gasteiger partial charge in [0.25, 0.3) is 0 Å². The van der Waals surface area contributed by atoms with Crippen LogP contribution in [0.2, 0.25) is 5.02 Å². The Hall–Kier alpha value is -0.870. The van der Waals surface area contributed by atoms with E-state index in [1.807, 2.05) is 6.07 Å². The van der Waals surface area contributed by atoms with Crippen molar-refractivity contribution < 1.29 is 0 Å². The van der Waals surface area contributed by atoms with E-state index in [0.29, 0.717) is 12.0 Å². The maximum atomic E-state index is 6.36. The van der Waals surface area contributed by atoms with Crippen LogP contribution in [0.4, 0.5) is 0 Å². The number of hydrogen-bond donors (Lipinski definition) is 0. The third kappa shape index (κ3) is 1.92. The molecule has 0 saturated heterocycles. The Bertz CT molecular complexity index is 650. The number of aromatic nitrogens is 3. The number of rotatable bonds is 4. The van der Waals surface area contributed by atoms with Crippen LogP contribution in [0.25, 0.3) is 0 Å². The van der Waals surface area contributed by atoms with Crippen molar-refractivity contribution in [2.45, 2.75) is 56.9 Å². The maximum Gasteiger partial charge on any atom is 0.144 e. The van der Waals surface area contributed by atoms with E-state index < -0.39 is 0 Å². The van der Waals surface area contributed by atoms with Gasteiger partial charge in [0.2, 0.25) is 0 Å². The van der Waals surface area contributed by atoms with Gasteiger partial charge in [-0.1, -0.05) is 11.6 Å². The first-order valence-corrected chi connectivity index (χ1v) is 8.53. The number of hydrogen-bond acceptors (Lipinski definition) is 3. The summed E-state index contributed by atoms with van der Waals surface area (Å²) in [4.78, 5) is 1.19. The Morgan fingerprint density at radius 2 is 2.00 bits per heavy atom. The Kier molecular flexibility index (Phi) is 2.77. The highest BCUT2D eigenvalue weighted by Crippen LogP contribution is 2.48. The zero-order chi connectivity index (χ0) is 13.9. The van der Waals surface area contributed by atoms with Gasteiger partial charge in [-0.15, -0.1) is 21.5 Å². The second-order valence-corrected chi connectivity index (χ2v) is 7.80. The fourth-order valence-electron chi connectivity index (χ4n) is 2.88. The van der Waals surface area contributed by atoms with Crippen molar-refractivity contribution in [2.24, 2.45) is 0 Å². The SMILES string of the molecule is CC(C)(c1sccc1Cl)c1nnc(C2CC2)n1C1CC1. The van der Waals surface area contributed by atoms with Gasteiger partial charge >= 0.3 is 0 Å². The molecule has 2 aromatic heterocycles. The van der Waals surface area contributed by atoms with E-state index in [-0.39, 0.29) is 5.41 Å². The topological polar surface area (TPSA) is 30.7 Å². The molecular formula is C15H18ClN3S. The predicted molar refractivity (Wildman–Crippen MR) is 81.7 cm³/mol. The quantitative estimate of drug-likeness (QED) is 0.830. The fraction of sp³-hybridized carbons (Fsp3) is 0.600. The summed E-state index contributed by atoms with van der Waals surface area (Å²) in [6.45, 7) is 4.43. The molecule has 4 rings (SSSR count). The average Bonchev–Trinajstić information content (AvgIpc) is 3.34. The normalized spacial score (nSPS) is 19.6. The Labute approximate surface area is 128 Å². The molecule has 2 aromatic rings. The van der Waals surface area contributed by atoms with E-state index in [0.717, 1.165) is 10.8 Å². The van der Waals surface area contributed by atoms with Crippen LogP contribution in [-0.4, -0.2) is 14.8 Å². The largest absolute Gasteiger partial charge is 0.311 e. The number of thiophene rings is 1. The summed E-state index contributed by atoms with van der Waals surface area (Å²) in [7, 11) is 0. The third-order valence-corrected chi connectivity index (χ3v) is 5.99. The molecule has 2 aliphatic rings. The molecule has 2 saturated carbocycles. The van der Waals surface area contributed by atoms with Crippen LogP contribution in [0.1, 0.15) is 68.0 Å². The summed E-state index contributed by atoms with van der Waals surface area (Å²) >= 11 is 8.07. The molecule has 3 nitrogen and oxygen atoms in total. The molecule has 0 N–H and O–H groups in total. The lowest BCUT2D eigenvalue weighted by atomic mass is 9.90. The van der Waals surface area contributed by atoms with Crippen molar-refractivity contribution in [3.63, 3.8) is 0 Å². The predicted octanol–water partition coefficient (Wildman–Crippen LogP) is 4.53. The molecule has 0 radical (unpaired) electrons. The van der Waals surface area contributed by atoms with Crippen molar-refractivity contribution in [3.05, 3.63) is 33.0 Å². The van der Waals surface area contributed by atoms with Gasteiger partial charge in [0.15, 0.2) is 0 Å². The first-order chi connectivity index (χ1) is 9.59. The minimum atomic E-state index is -0.173. The lowest BCUT2D eigenvalue weighted by Crippen LogP contribution is -2.24. The minimum Gasteiger partial charge on any atom is -0.311 e. The van der Waals surface area contributed by atoms with Gasteiger partial charge in [0, 0.05) is 16.8 Å². The molecule has 2 fully saturated rings. The lowest BCUT2D eigenvalue weighted by Gasteiger charge is -2.24. The highest BCUT2D eigenvalue weighted by atomic mass is 35.5. The van der Waals surface area contributed by atoms with Crippen molar-refractivity contribution in [1.82, 2.24) is 14.8 Å². The second kappa shape index (κ2) is 4.31. The average molecular weight is 308 g/mol. The van der Waals surface area contributed by atoms with E-state index in [1.54, 1.807) is 11.3 Å². The first kappa shape index (κ1) is 12.8. The molecular weight excluding hydrogens is 290 g/mol. The first-order valence-electron chi connectivity index (χ1n) is 7.28. The number of halogens is 1. The summed E-state index contributed by atoms with van der Waals surface area (Å²) in [5.74, 6) is 2.95. The van der Waals surface area contributed by atoms with E-state index in [9.17, 15) is 0 Å². The van der Waals surface area contributed by atoms with E-state index >= 15 is 0 Å². The van der Waals surface area contributed by atoms with Gasteiger partial charge < -0.3 is 4.57 Å².